The van der Waals surface area contributed by atoms with Crippen molar-refractivity contribution < 1.29 is 0 Å². The zero-order valence-electron chi connectivity index (χ0n) is 10.4. The van der Waals surface area contributed by atoms with E-state index in [0.717, 1.165) is 28.2 Å². The standard InChI is InChI=1S/C13H16N4/c1-8-4-10(3)16-11(5-8)13-15-7-9(2)12(6-14)17-13/h4-5,7H,6,14H2,1-3H3. The van der Waals surface area contributed by atoms with Gasteiger partial charge in [0.15, 0.2) is 5.82 Å². The summed E-state index contributed by atoms with van der Waals surface area (Å²) in [7, 11) is 0. The lowest BCUT2D eigenvalue weighted by atomic mass is 10.2. The summed E-state index contributed by atoms with van der Waals surface area (Å²) >= 11 is 0. The molecule has 0 unspecified atom stereocenters. The highest BCUT2D eigenvalue weighted by atomic mass is 14.9. The molecule has 17 heavy (non-hydrogen) atoms. The average Bonchev–Trinajstić information content (AvgIpc) is 2.28. The lowest BCUT2D eigenvalue weighted by Gasteiger charge is -2.06. The second-order valence-electron chi connectivity index (χ2n) is 4.20. The van der Waals surface area contributed by atoms with Crippen LogP contribution < -0.4 is 5.73 Å². The topological polar surface area (TPSA) is 64.7 Å². The fourth-order valence-electron chi connectivity index (χ4n) is 1.76. The number of hydrogen-bond donors (Lipinski definition) is 1. The fourth-order valence-corrected chi connectivity index (χ4v) is 1.76. The summed E-state index contributed by atoms with van der Waals surface area (Å²) in [6.45, 7) is 6.39. The molecule has 0 atom stereocenters. The van der Waals surface area contributed by atoms with Crippen molar-refractivity contribution in [3.05, 3.63) is 40.8 Å². The van der Waals surface area contributed by atoms with Crippen LogP contribution in [-0.4, -0.2) is 15.0 Å². The monoisotopic (exact) mass is 228 g/mol. The van der Waals surface area contributed by atoms with Crippen LogP contribution in [0.4, 0.5) is 0 Å². The van der Waals surface area contributed by atoms with Gasteiger partial charge in [0.25, 0.3) is 0 Å². The fraction of sp³-hybridized carbons (Fsp3) is 0.308. The van der Waals surface area contributed by atoms with E-state index in [1.165, 1.54) is 0 Å². The molecule has 0 aliphatic heterocycles. The molecule has 2 heterocycles. The van der Waals surface area contributed by atoms with Gasteiger partial charge in [0.1, 0.15) is 5.69 Å². The van der Waals surface area contributed by atoms with E-state index in [0.29, 0.717) is 12.4 Å². The molecule has 0 bridgehead atoms. The molecule has 88 valence electrons. The minimum absolute atomic E-state index is 0.423. The van der Waals surface area contributed by atoms with Gasteiger partial charge in [-0.3, -0.25) is 0 Å². The van der Waals surface area contributed by atoms with Crippen molar-refractivity contribution in [2.24, 2.45) is 5.73 Å². The molecule has 2 rings (SSSR count). The van der Waals surface area contributed by atoms with Crippen molar-refractivity contribution in [2.75, 3.05) is 0 Å². The van der Waals surface area contributed by atoms with Gasteiger partial charge in [-0.15, -0.1) is 0 Å². The summed E-state index contributed by atoms with van der Waals surface area (Å²) in [4.78, 5) is 13.2. The number of nitrogens with zero attached hydrogens (tertiary/aromatic N) is 3. The lowest BCUT2D eigenvalue weighted by molar-refractivity contribution is 0.939. The SMILES string of the molecule is Cc1cc(C)nc(-c2ncc(C)c(CN)n2)c1. The summed E-state index contributed by atoms with van der Waals surface area (Å²) in [5.41, 5.74) is 10.5. The molecule has 0 saturated carbocycles. The highest BCUT2D eigenvalue weighted by Crippen LogP contribution is 2.16. The third kappa shape index (κ3) is 2.47. The second kappa shape index (κ2) is 4.59. The number of aromatic nitrogens is 3. The van der Waals surface area contributed by atoms with E-state index >= 15 is 0 Å². The highest BCUT2D eigenvalue weighted by molar-refractivity contribution is 5.51. The quantitative estimate of drug-likeness (QED) is 0.853. The Kier molecular flexibility index (Phi) is 3.15. The van der Waals surface area contributed by atoms with Gasteiger partial charge >= 0.3 is 0 Å². The molecular weight excluding hydrogens is 212 g/mol. The van der Waals surface area contributed by atoms with Crippen LogP contribution in [0.1, 0.15) is 22.5 Å². The van der Waals surface area contributed by atoms with Crippen molar-refractivity contribution in [2.45, 2.75) is 27.3 Å². The number of pyridine rings is 1. The maximum Gasteiger partial charge on any atom is 0.178 e. The van der Waals surface area contributed by atoms with Gasteiger partial charge < -0.3 is 5.73 Å². The number of rotatable bonds is 2. The third-order valence-corrected chi connectivity index (χ3v) is 2.60. The first-order chi connectivity index (χ1) is 8.10. The highest BCUT2D eigenvalue weighted by Gasteiger charge is 2.07. The first-order valence-electron chi connectivity index (χ1n) is 5.58. The molecule has 2 aromatic rings. The Morgan fingerprint density at radius 2 is 1.88 bits per heavy atom. The van der Waals surface area contributed by atoms with Crippen LogP contribution in [0.25, 0.3) is 11.5 Å². The van der Waals surface area contributed by atoms with E-state index in [4.69, 9.17) is 5.73 Å². The van der Waals surface area contributed by atoms with Crippen molar-refractivity contribution in [1.82, 2.24) is 15.0 Å². The zero-order valence-corrected chi connectivity index (χ0v) is 10.4. The molecule has 0 saturated heterocycles. The smallest absolute Gasteiger partial charge is 0.178 e. The van der Waals surface area contributed by atoms with E-state index in [9.17, 15) is 0 Å². The zero-order chi connectivity index (χ0) is 12.4. The second-order valence-corrected chi connectivity index (χ2v) is 4.20. The summed E-state index contributed by atoms with van der Waals surface area (Å²) in [5, 5.41) is 0. The summed E-state index contributed by atoms with van der Waals surface area (Å²) in [5.74, 6) is 0.642. The average molecular weight is 228 g/mol. The van der Waals surface area contributed by atoms with Gasteiger partial charge in [0, 0.05) is 18.4 Å². The molecule has 0 aliphatic carbocycles. The number of hydrogen-bond acceptors (Lipinski definition) is 4. The molecule has 0 radical (unpaired) electrons. The molecular formula is C13H16N4. The summed E-state index contributed by atoms with van der Waals surface area (Å²) < 4.78 is 0. The molecule has 0 spiro atoms. The van der Waals surface area contributed by atoms with Crippen LogP contribution in [0.15, 0.2) is 18.3 Å². The maximum absolute atomic E-state index is 5.65. The molecule has 4 heteroatoms. The van der Waals surface area contributed by atoms with Gasteiger partial charge in [-0.05, 0) is 44.0 Å². The molecule has 2 N–H and O–H groups in total. The van der Waals surface area contributed by atoms with Gasteiger partial charge in [-0.2, -0.15) is 0 Å². The van der Waals surface area contributed by atoms with E-state index in [1.807, 2.05) is 32.9 Å². The minimum atomic E-state index is 0.423. The molecule has 0 amide bonds. The minimum Gasteiger partial charge on any atom is -0.325 e. The summed E-state index contributed by atoms with van der Waals surface area (Å²) in [6.07, 6.45) is 1.80. The van der Waals surface area contributed by atoms with E-state index < -0.39 is 0 Å². The van der Waals surface area contributed by atoms with E-state index in [-0.39, 0.29) is 0 Å². The normalized spacial score (nSPS) is 10.6. The van der Waals surface area contributed by atoms with Crippen molar-refractivity contribution in [3.63, 3.8) is 0 Å². The molecule has 4 nitrogen and oxygen atoms in total. The summed E-state index contributed by atoms with van der Waals surface area (Å²) in [6, 6.07) is 4.01. The van der Waals surface area contributed by atoms with Crippen LogP contribution in [0.3, 0.4) is 0 Å². The Hall–Kier alpha value is -1.81. The van der Waals surface area contributed by atoms with Gasteiger partial charge in [-0.1, -0.05) is 0 Å². The molecule has 2 aromatic heterocycles. The Bertz CT molecular complexity index is 529. The first kappa shape index (κ1) is 11.7. The Labute approximate surface area is 101 Å². The molecule has 0 aromatic carbocycles. The van der Waals surface area contributed by atoms with Crippen LogP contribution in [0.5, 0.6) is 0 Å². The van der Waals surface area contributed by atoms with Gasteiger partial charge in [0.2, 0.25) is 0 Å². The van der Waals surface area contributed by atoms with Crippen LogP contribution in [0, 0.1) is 20.8 Å². The van der Waals surface area contributed by atoms with Crippen molar-refractivity contribution >= 4 is 0 Å². The Morgan fingerprint density at radius 1 is 1.12 bits per heavy atom. The van der Waals surface area contributed by atoms with Crippen LogP contribution >= 0.6 is 0 Å². The first-order valence-corrected chi connectivity index (χ1v) is 5.58. The number of aryl methyl sites for hydroxylation is 3. The lowest BCUT2D eigenvalue weighted by Crippen LogP contribution is -2.05. The van der Waals surface area contributed by atoms with Crippen LogP contribution in [-0.2, 0) is 6.54 Å². The molecule has 0 aliphatic rings. The van der Waals surface area contributed by atoms with Crippen molar-refractivity contribution in [1.29, 1.82) is 0 Å². The largest absolute Gasteiger partial charge is 0.325 e. The maximum atomic E-state index is 5.65. The van der Waals surface area contributed by atoms with Gasteiger partial charge in [0.05, 0.1) is 5.69 Å². The predicted molar refractivity (Wildman–Crippen MR) is 67.4 cm³/mol. The van der Waals surface area contributed by atoms with Gasteiger partial charge in [-0.25, -0.2) is 15.0 Å². The predicted octanol–water partition coefficient (Wildman–Crippen LogP) is 1.92. The Morgan fingerprint density at radius 3 is 2.53 bits per heavy atom. The number of nitrogens with two attached hydrogens (primary N) is 1. The molecule has 0 fully saturated rings. The van der Waals surface area contributed by atoms with E-state index in [1.54, 1.807) is 6.20 Å². The van der Waals surface area contributed by atoms with E-state index in [2.05, 4.69) is 15.0 Å². The Balaban J connectivity index is 2.52. The van der Waals surface area contributed by atoms with Crippen LogP contribution in [0.2, 0.25) is 0 Å². The van der Waals surface area contributed by atoms with Crippen molar-refractivity contribution in [3.8, 4) is 11.5 Å². The third-order valence-electron chi connectivity index (χ3n) is 2.60.